The van der Waals surface area contributed by atoms with Crippen LogP contribution in [-0.4, -0.2) is 0 Å². The zero-order chi connectivity index (χ0) is 8.55. The first-order valence-corrected chi connectivity index (χ1v) is 3.53. The standard InChI is InChI=1S/C10H5F2/c11-8-5-4-7-2-1-3-10(12)9(7)6-8/h1-5H. The van der Waals surface area contributed by atoms with Crippen LogP contribution < -0.4 is 0 Å². The fourth-order valence-corrected chi connectivity index (χ4v) is 1.14. The molecule has 1 radical (unpaired) electrons. The van der Waals surface area contributed by atoms with Crippen molar-refractivity contribution in [2.24, 2.45) is 0 Å². The summed E-state index contributed by atoms with van der Waals surface area (Å²) in [7, 11) is 0. The van der Waals surface area contributed by atoms with Gasteiger partial charge in [-0.1, -0.05) is 18.2 Å². The van der Waals surface area contributed by atoms with E-state index in [4.69, 9.17) is 0 Å². The van der Waals surface area contributed by atoms with Gasteiger partial charge in [0.25, 0.3) is 0 Å². The molecule has 2 heteroatoms. The Kier molecular flexibility index (Phi) is 1.54. The second kappa shape index (κ2) is 2.55. The van der Waals surface area contributed by atoms with E-state index in [1.165, 1.54) is 18.2 Å². The van der Waals surface area contributed by atoms with Gasteiger partial charge in [-0.15, -0.1) is 0 Å². The molecule has 12 heavy (non-hydrogen) atoms. The highest BCUT2D eigenvalue weighted by Gasteiger charge is 2.00. The molecule has 0 nitrogen and oxygen atoms in total. The smallest absolute Gasteiger partial charge is 0.131 e. The van der Waals surface area contributed by atoms with Crippen LogP contribution in [0.2, 0.25) is 0 Å². The average Bonchev–Trinajstić information content (AvgIpc) is 2.07. The van der Waals surface area contributed by atoms with Crippen LogP contribution in [0.25, 0.3) is 10.8 Å². The molecule has 2 rings (SSSR count). The van der Waals surface area contributed by atoms with E-state index in [-0.39, 0.29) is 5.39 Å². The summed E-state index contributed by atoms with van der Waals surface area (Å²) in [6.45, 7) is 0. The predicted molar refractivity (Wildman–Crippen MR) is 42.7 cm³/mol. The van der Waals surface area contributed by atoms with Gasteiger partial charge < -0.3 is 0 Å². The van der Waals surface area contributed by atoms with Crippen molar-refractivity contribution in [2.75, 3.05) is 0 Å². The highest BCUT2D eigenvalue weighted by Crippen LogP contribution is 2.17. The molecule has 0 aromatic heterocycles. The summed E-state index contributed by atoms with van der Waals surface area (Å²) in [5.74, 6) is -0.973. The van der Waals surface area contributed by atoms with E-state index >= 15 is 0 Å². The zero-order valence-corrected chi connectivity index (χ0v) is 6.14. The largest absolute Gasteiger partial charge is 0.206 e. The molecule has 2 aromatic rings. The Morgan fingerprint density at radius 2 is 1.83 bits per heavy atom. The van der Waals surface area contributed by atoms with Crippen LogP contribution in [0.15, 0.2) is 30.3 Å². The average molecular weight is 163 g/mol. The van der Waals surface area contributed by atoms with E-state index in [9.17, 15) is 8.78 Å². The molecule has 59 valence electrons. The number of hydrogen-bond acceptors (Lipinski definition) is 0. The van der Waals surface area contributed by atoms with Crippen LogP contribution in [0.5, 0.6) is 0 Å². The third kappa shape index (κ3) is 1.05. The number of halogens is 2. The van der Waals surface area contributed by atoms with Gasteiger partial charge in [-0.05, 0) is 17.5 Å². The van der Waals surface area contributed by atoms with Crippen molar-refractivity contribution in [1.82, 2.24) is 0 Å². The summed E-state index contributed by atoms with van der Waals surface area (Å²) >= 11 is 0. The minimum atomic E-state index is -0.535. The molecule has 0 saturated heterocycles. The summed E-state index contributed by atoms with van der Waals surface area (Å²) in [5, 5.41) is 0.869. The van der Waals surface area contributed by atoms with Crippen molar-refractivity contribution in [3.05, 3.63) is 48.0 Å². The maximum atomic E-state index is 13.0. The number of fused-ring (bicyclic) bond motifs is 1. The summed E-state index contributed by atoms with van der Waals surface area (Å²) in [6.07, 6.45) is 0. The van der Waals surface area contributed by atoms with Crippen molar-refractivity contribution in [3.8, 4) is 0 Å². The van der Waals surface area contributed by atoms with E-state index in [0.29, 0.717) is 5.39 Å². The van der Waals surface area contributed by atoms with Gasteiger partial charge in [0.1, 0.15) is 11.6 Å². The van der Waals surface area contributed by atoms with Gasteiger partial charge in [-0.25, -0.2) is 8.78 Å². The maximum absolute atomic E-state index is 13.0. The molecule has 0 N–H and O–H groups in total. The summed E-state index contributed by atoms with van der Waals surface area (Å²) in [4.78, 5) is 0. The van der Waals surface area contributed by atoms with Gasteiger partial charge in [0.15, 0.2) is 0 Å². The lowest BCUT2D eigenvalue weighted by atomic mass is 10.1. The van der Waals surface area contributed by atoms with E-state index in [0.717, 1.165) is 0 Å². The van der Waals surface area contributed by atoms with E-state index in [2.05, 4.69) is 6.07 Å². The minimum Gasteiger partial charge on any atom is -0.206 e. The van der Waals surface area contributed by atoms with Crippen molar-refractivity contribution in [3.63, 3.8) is 0 Å². The third-order valence-electron chi connectivity index (χ3n) is 1.70. The van der Waals surface area contributed by atoms with Crippen LogP contribution >= 0.6 is 0 Å². The number of hydrogen-bond donors (Lipinski definition) is 0. The highest BCUT2D eigenvalue weighted by molar-refractivity contribution is 5.82. The van der Waals surface area contributed by atoms with Gasteiger partial charge in [-0.3, -0.25) is 0 Å². The summed E-state index contributed by atoms with van der Waals surface area (Å²) < 4.78 is 25.6. The van der Waals surface area contributed by atoms with E-state index in [1.807, 2.05) is 0 Å². The van der Waals surface area contributed by atoms with Crippen molar-refractivity contribution in [2.45, 2.75) is 0 Å². The summed E-state index contributed by atoms with van der Waals surface area (Å²) in [5.41, 5.74) is 0. The van der Waals surface area contributed by atoms with Gasteiger partial charge >= 0.3 is 0 Å². The van der Waals surface area contributed by atoms with Gasteiger partial charge in [0.2, 0.25) is 0 Å². The molecule has 0 heterocycles. The molecular weight excluding hydrogens is 158 g/mol. The number of rotatable bonds is 0. The molecule has 0 aliphatic heterocycles. The molecule has 0 spiro atoms. The van der Waals surface area contributed by atoms with Crippen LogP contribution in [0, 0.1) is 17.7 Å². The third-order valence-corrected chi connectivity index (χ3v) is 1.70. The normalized spacial score (nSPS) is 10.5. The Balaban J connectivity index is 2.88. The van der Waals surface area contributed by atoms with Crippen LogP contribution in [-0.2, 0) is 0 Å². The Hall–Kier alpha value is -1.44. The van der Waals surface area contributed by atoms with E-state index < -0.39 is 11.6 Å². The Bertz CT molecular complexity index is 421. The lowest BCUT2D eigenvalue weighted by Gasteiger charge is -1.97. The SMILES string of the molecule is Fc1[c]c2c(F)cccc2cc1. The fourth-order valence-electron chi connectivity index (χ4n) is 1.14. The lowest BCUT2D eigenvalue weighted by molar-refractivity contribution is 0.620. The molecule has 0 bridgehead atoms. The highest BCUT2D eigenvalue weighted by atomic mass is 19.1. The first-order chi connectivity index (χ1) is 5.77. The minimum absolute atomic E-state index is 0.206. The Labute approximate surface area is 68.4 Å². The van der Waals surface area contributed by atoms with E-state index in [1.54, 1.807) is 12.1 Å². The molecule has 2 aromatic carbocycles. The molecule has 0 aliphatic rings. The monoisotopic (exact) mass is 163 g/mol. The van der Waals surface area contributed by atoms with Crippen LogP contribution in [0.1, 0.15) is 0 Å². The van der Waals surface area contributed by atoms with Crippen LogP contribution in [0.3, 0.4) is 0 Å². The Morgan fingerprint density at radius 1 is 1.00 bits per heavy atom. The van der Waals surface area contributed by atoms with Crippen molar-refractivity contribution >= 4 is 10.8 Å². The van der Waals surface area contributed by atoms with Gasteiger partial charge in [0.05, 0.1) is 0 Å². The summed E-state index contributed by atoms with van der Waals surface area (Å²) in [6, 6.07) is 9.71. The van der Waals surface area contributed by atoms with Crippen molar-refractivity contribution in [1.29, 1.82) is 0 Å². The van der Waals surface area contributed by atoms with Crippen LogP contribution in [0.4, 0.5) is 8.78 Å². The first-order valence-electron chi connectivity index (χ1n) is 3.53. The number of benzene rings is 2. The van der Waals surface area contributed by atoms with Gasteiger partial charge in [0, 0.05) is 11.5 Å². The fraction of sp³-hybridized carbons (Fsp3) is 0. The molecule has 0 fully saturated rings. The molecular formula is C10H5F2. The predicted octanol–water partition coefficient (Wildman–Crippen LogP) is 2.92. The molecule has 0 aliphatic carbocycles. The molecule has 0 amide bonds. The second-order valence-corrected chi connectivity index (χ2v) is 2.51. The quantitative estimate of drug-likeness (QED) is 0.560. The van der Waals surface area contributed by atoms with Crippen molar-refractivity contribution < 1.29 is 8.78 Å². The zero-order valence-electron chi connectivity index (χ0n) is 6.14. The Morgan fingerprint density at radius 3 is 2.67 bits per heavy atom. The first kappa shape index (κ1) is 7.22. The topological polar surface area (TPSA) is 0 Å². The molecule has 0 unspecified atom stereocenters. The maximum Gasteiger partial charge on any atom is 0.131 e. The molecule has 0 saturated carbocycles. The molecule has 0 atom stereocenters. The second-order valence-electron chi connectivity index (χ2n) is 2.51. The van der Waals surface area contributed by atoms with Gasteiger partial charge in [-0.2, -0.15) is 0 Å². The lowest BCUT2D eigenvalue weighted by Crippen LogP contribution is -1.81.